The number of nitrogens with two attached hydrogens (primary N) is 1. The van der Waals surface area contributed by atoms with Crippen molar-refractivity contribution in [2.24, 2.45) is 0 Å². The third-order valence-corrected chi connectivity index (χ3v) is 7.55. The molecule has 1 aliphatic rings. The minimum Gasteiger partial charge on any atom is -0.395 e. The molecule has 2 aromatic carbocycles. The first-order valence-corrected chi connectivity index (χ1v) is 10.8. The lowest BCUT2D eigenvalue weighted by atomic mass is 9.94. The molecular formula is C20H22F2N4O3S. The van der Waals surface area contributed by atoms with Crippen molar-refractivity contribution < 1.29 is 22.3 Å². The zero-order valence-corrected chi connectivity index (χ0v) is 17.3. The number of nitrogens with one attached hydrogen (secondary N) is 1. The number of halogens is 2. The fourth-order valence-corrected chi connectivity index (χ4v) is 5.87. The first kappa shape index (κ1) is 20.7. The summed E-state index contributed by atoms with van der Waals surface area (Å²) < 4.78 is 54.3. The highest BCUT2D eigenvalue weighted by Gasteiger charge is 2.49. The Balaban J connectivity index is 1.76. The highest BCUT2D eigenvalue weighted by Crippen LogP contribution is 2.38. The molecule has 0 aliphatic carbocycles. The van der Waals surface area contributed by atoms with Crippen LogP contribution in [0.15, 0.2) is 35.2 Å². The van der Waals surface area contributed by atoms with Crippen LogP contribution in [0.5, 0.6) is 0 Å². The second-order valence-electron chi connectivity index (χ2n) is 7.69. The fraction of sp³-hybridized carbons (Fsp3) is 0.350. The molecule has 1 saturated heterocycles. The summed E-state index contributed by atoms with van der Waals surface area (Å²) in [6.07, 6.45) is -0.689. The second-order valence-corrected chi connectivity index (χ2v) is 9.58. The molecule has 160 valence electrons. The van der Waals surface area contributed by atoms with Gasteiger partial charge in [-0.05, 0) is 54.3 Å². The predicted octanol–water partition coefficient (Wildman–Crippen LogP) is 2.82. The Kier molecular flexibility index (Phi) is 4.83. The highest BCUT2D eigenvalue weighted by molar-refractivity contribution is 7.89. The molecular weight excluding hydrogens is 414 g/mol. The number of rotatable bonds is 4. The number of hydrogen-bond acceptors (Lipinski definition) is 5. The zero-order chi connectivity index (χ0) is 21.8. The minimum atomic E-state index is -4.18. The summed E-state index contributed by atoms with van der Waals surface area (Å²) in [5.74, 6) is -2.78. The van der Waals surface area contributed by atoms with Crippen LogP contribution in [-0.2, 0) is 10.0 Å². The Labute approximate surface area is 172 Å². The largest absolute Gasteiger partial charge is 0.395 e. The average Bonchev–Trinajstić information content (AvgIpc) is 3.22. The number of benzene rings is 2. The van der Waals surface area contributed by atoms with E-state index in [9.17, 15) is 22.3 Å². The molecule has 0 spiro atoms. The van der Waals surface area contributed by atoms with Crippen LogP contribution in [-0.4, -0.2) is 53.1 Å². The van der Waals surface area contributed by atoms with Crippen molar-refractivity contribution in [1.29, 1.82) is 0 Å². The summed E-state index contributed by atoms with van der Waals surface area (Å²) in [5.41, 5.74) is 10.0. The Hall–Kier alpha value is -2.56. The quantitative estimate of drug-likeness (QED) is 0.582. The number of aliphatic hydroxyl groups is 1. The van der Waals surface area contributed by atoms with Crippen LogP contribution in [0, 0.1) is 13.8 Å². The molecule has 7 nitrogen and oxygen atoms in total. The molecule has 0 saturated carbocycles. The van der Waals surface area contributed by atoms with Gasteiger partial charge in [-0.1, -0.05) is 12.1 Å². The van der Waals surface area contributed by atoms with E-state index in [4.69, 9.17) is 5.73 Å². The molecule has 1 aromatic heterocycles. The number of aryl methyl sites for hydroxylation is 2. The van der Waals surface area contributed by atoms with Gasteiger partial charge in [0.25, 0.3) is 5.92 Å². The Bertz CT molecular complexity index is 1240. The third-order valence-electron chi connectivity index (χ3n) is 5.65. The molecule has 1 aliphatic heterocycles. The average molecular weight is 436 g/mol. The predicted molar refractivity (Wildman–Crippen MR) is 110 cm³/mol. The van der Waals surface area contributed by atoms with Crippen LogP contribution in [0.25, 0.3) is 22.0 Å². The number of alkyl halides is 2. The highest BCUT2D eigenvalue weighted by atomic mass is 32.2. The van der Waals surface area contributed by atoms with Crippen molar-refractivity contribution in [2.75, 3.05) is 18.9 Å². The first-order valence-electron chi connectivity index (χ1n) is 9.40. The van der Waals surface area contributed by atoms with Crippen LogP contribution in [0.2, 0.25) is 0 Å². The van der Waals surface area contributed by atoms with Gasteiger partial charge in [-0.3, -0.25) is 5.10 Å². The summed E-state index contributed by atoms with van der Waals surface area (Å²) in [6.45, 7) is 2.08. The molecule has 1 unspecified atom stereocenters. The molecule has 2 heterocycles. The number of nitrogen functional groups attached to an aromatic ring is 1. The van der Waals surface area contributed by atoms with Gasteiger partial charge in [0, 0.05) is 11.8 Å². The standard InChI is InChI=1S/C20H22F2N4O3S/c1-11-7-14(30(28,29)26-10-20(21,22)8-13(26)9-27)3-4-15(11)16-5-6-17-18(12(16)2)19(23)25-24-17/h3-7,13,27H,8-10H2,1-2H3,(H3,23,24,25). The summed E-state index contributed by atoms with van der Waals surface area (Å²) >= 11 is 0. The van der Waals surface area contributed by atoms with Crippen molar-refractivity contribution >= 4 is 26.7 Å². The van der Waals surface area contributed by atoms with Crippen molar-refractivity contribution in [2.45, 2.75) is 37.1 Å². The van der Waals surface area contributed by atoms with E-state index in [0.29, 0.717) is 15.7 Å². The minimum absolute atomic E-state index is 0.0820. The number of sulfonamides is 1. The van der Waals surface area contributed by atoms with Crippen molar-refractivity contribution in [3.8, 4) is 11.1 Å². The lowest BCUT2D eigenvalue weighted by Crippen LogP contribution is -2.38. The number of nitrogens with zero attached hydrogens (tertiary/aromatic N) is 2. The van der Waals surface area contributed by atoms with Gasteiger partial charge in [0.1, 0.15) is 0 Å². The molecule has 10 heteroatoms. The Morgan fingerprint density at radius 3 is 2.63 bits per heavy atom. The summed E-state index contributed by atoms with van der Waals surface area (Å²) in [4.78, 5) is -0.0820. The van der Waals surface area contributed by atoms with E-state index >= 15 is 0 Å². The normalized spacial score (nSPS) is 19.6. The zero-order valence-electron chi connectivity index (χ0n) is 16.5. The lowest BCUT2D eigenvalue weighted by Gasteiger charge is -2.22. The van der Waals surface area contributed by atoms with Crippen LogP contribution in [0.1, 0.15) is 17.5 Å². The van der Waals surface area contributed by atoms with E-state index in [1.807, 2.05) is 19.1 Å². The Morgan fingerprint density at radius 2 is 1.97 bits per heavy atom. The fourth-order valence-electron chi connectivity index (χ4n) is 4.14. The molecule has 4 rings (SSSR count). The first-order chi connectivity index (χ1) is 14.0. The number of fused-ring (bicyclic) bond motifs is 1. The summed E-state index contributed by atoms with van der Waals surface area (Å²) in [6, 6.07) is 7.15. The molecule has 0 bridgehead atoms. The van der Waals surface area contributed by atoms with E-state index in [1.165, 1.54) is 12.1 Å². The monoisotopic (exact) mass is 436 g/mol. The van der Waals surface area contributed by atoms with E-state index in [1.54, 1.807) is 13.0 Å². The maximum atomic E-state index is 13.8. The number of hydrogen-bond donors (Lipinski definition) is 3. The van der Waals surface area contributed by atoms with E-state index in [0.717, 1.165) is 27.6 Å². The van der Waals surface area contributed by atoms with Crippen LogP contribution < -0.4 is 5.73 Å². The van der Waals surface area contributed by atoms with Crippen molar-refractivity contribution in [3.63, 3.8) is 0 Å². The van der Waals surface area contributed by atoms with Gasteiger partial charge in [-0.25, -0.2) is 17.2 Å². The molecule has 1 atom stereocenters. The van der Waals surface area contributed by atoms with E-state index in [-0.39, 0.29) is 4.90 Å². The van der Waals surface area contributed by atoms with Gasteiger partial charge in [0.05, 0.1) is 29.6 Å². The molecule has 1 fully saturated rings. The second kappa shape index (κ2) is 7.00. The molecule has 0 radical (unpaired) electrons. The number of H-pyrrole nitrogens is 1. The molecule has 3 aromatic rings. The number of aromatic nitrogens is 2. The molecule has 4 N–H and O–H groups in total. The van der Waals surface area contributed by atoms with Crippen LogP contribution in [0.4, 0.5) is 14.6 Å². The van der Waals surface area contributed by atoms with Gasteiger partial charge in [-0.15, -0.1) is 0 Å². The third kappa shape index (κ3) is 3.24. The van der Waals surface area contributed by atoms with E-state index < -0.39 is 41.6 Å². The topological polar surface area (TPSA) is 112 Å². The van der Waals surface area contributed by atoms with Crippen LogP contribution in [0.3, 0.4) is 0 Å². The lowest BCUT2D eigenvalue weighted by molar-refractivity contribution is 0.0161. The van der Waals surface area contributed by atoms with E-state index in [2.05, 4.69) is 10.2 Å². The smallest absolute Gasteiger partial charge is 0.263 e. The van der Waals surface area contributed by atoms with Gasteiger partial charge in [0.15, 0.2) is 5.82 Å². The van der Waals surface area contributed by atoms with Gasteiger partial charge >= 0.3 is 0 Å². The van der Waals surface area contributed by atoms with Crippen LogP contribution >= 0.6 is 0 Å². The number of aliphatic hydroxyl groups excluding tert-OH is 1. The van der Waals surface area contributed by atoms with Gasteiger partial charge in [0.2, 0.25) is 10.0 Å². The molecule has 30 heavy (non-hydrogen) atoms. The van der Waals surface area contributed by atoms with Crippen molar-refractivity contribution in [1.82, 2.24) is 14.5 Å². The SMILES string of the molecule is Cc1cc(S(=O)(=O)N2CC(F)(F)CC2CO)ccc1-c1ccc2[nH]nc(N)c2c1C. The summed E-state index contributed by atoms with van der Waals surface area (Å²) in [5, 5.41) is 17.1. The Morgan fingerprint density at radius 1 is 1.27 bits per heavy atom. The maximum absolute atomic E-state index is 13.8. The van der Waals surface area contributed by atoms with Gasteiger partial charge in [-0.2, -0.15) is 9.40 Å². The number of anilines is 1. The molecule has 0 amide bonds. The number of aromatic amines is 1. The van der Waals surface area contributed by atoms with Gasteiger partial charge < -0.3 is 10.8 Å². The van der Waals surface area contributed by atoms with Crippen molar-refractivity contribution in [3.05, 3.63) is 41.5 Å². The maximum Gasteiger partial charge on any atom is 0.263 e. The summed E-state index contributed by atoms with van der Waals surface area (Å²) in [7, 11) is -4.18.